The van der Waals surface area contributed by atoms with E-state index in [4.69, 9.17) is 0 Å². The highest BCUT2D eigenvalue weighted by Crippen LogP contribution is 2.39. The fraction of sp³-hybridized carbons (Fsp3) is 0.350. The molecule has 1 aromatic carbocycles. The van der Waals surface area contributed by atoms with Crippen LogP contribution in [0.4, 0.5) is 18.2 Å². The topological polar surface area (TPSA) is 106 Å². The first-order valence-electron chi connectivity index (χ1n) is 9.85. The van der Waals surface area contributed by atoms with Gasteiger partial charge in [0.25, 0.3) is 0 Å². The molecule has 0 fully saturated rings. The lowest BCUT2D eigenvalue weighted by molar-refractivity contribution is -0.274. The van der Waals surface area contributed by atoms with E-state index >= 15 is 0 Å². The third-order valence-electron chi connectivity index (χ3n) is 4.96. The lowest BCUT2D eigenvalue weighted by Gasteiger charge is -2.17. The number of halogens is 3. The average Bonchev–Trinajstić information content (AvgIpc) is 3.35. The highest BCUT2D eigenvalue weighted by atomic mass is 32.2. The number of hydrogen-bond donors (Lipinski definition) is 1. The minimum atomic E-state index is -4.78. The molecular weight excluding hydrogens is 477 g/mol. The van der Waals surface area contributed by atoms with E-state index < -0.39 is 6.36 Å². The number of aromatic nitrogens is 4. The van der Waals surface area contributed by atoms with Crippen LogP contribution in [0.15, 0.2) is 29.4 Å². The molecule has 33 heavy (non-hydrogen) atoms. The number of thiophene rings is 1. The van der Waals surface area contributed by atoms with Gasteiger partial charge in [0.2, 0.25) is 11.1 Å². The third kappa shape index (κ3) is 5.45. The number of nitrogens with one attached hydrogen (secondary N) is 1. The zero-order valence-corrected chi connectivity index (χ0v) is 18.9. The van der Waals surface area contributed by atoms with Gasteiger partial charge in [-0.1, -0.05) is 18.7 Å². The Bertz CT molecular complexity index is 1200. The van der Waals surface area contributed by atoms with Crippen molar-refractivity contribution in [2.24, 2.45) is 5.92 Å². The van der Waals surface area contributed by atoms with Crippen molar-refractivity contribution >= 4 is 34.0 Å². The van der Waals surface area contributed by atoms with Gasteiger partial charge in [0.05, 0.1) is 17.0 Å². The second kappa shape index (κ2) is 9.40. The lowest BCUT2D eigenvalue weighted by atomic mass is 9.89. The molecule has 8 nitrogen and oxygen atoms in total. The van der Waals surface area contributed by atoms with Crippen molar-refractivity contribution < 1.29 is 22.7 Å². The first-order chi connectivity index (χ1) is 15.7. The van der Waals surface area contributed by atoms with Crippen molar-refractivity contribution in [2.45, 2.75) is 37.7 Å². The number of thioether (sulfide) groups is 1. The van der Waals surface area contributed by atoms with Gasteiger partial charge < -0.3 is 10.1 Å². The van der Waals surface area contributed by atoms with Gasteiger partial charge in [-0.3, -0.25) is 4.79 Å². The van der Waals surface area contributed by atoms with E-state index in [1.54, 1.807) is 0 Å². The molecule has 172 valence electrons. The number of nitrogens with zero attached hydrogens (tertiary/aromatic N) is 5. The Balaban J connectivity index is 1.41. The minimum absolute atomic E-state index is 0.0144. The van der Waals surface area contributed by atoms with Crippen molar-refractivity contribution in [1.82, 2.24) is 20.2 Å². The number of tetrazole rings is 1. The highest BCUT2D eigenvalue weighted by Gasteiger charge is 2.31. The van der Waals surface area contributed by atoms with Crippen LogP contribution in [0.1, 0.15) is 29.3 Å². The molecule has 0 aliphatic heterocycles. The monoisotopic (exact) mass is 494 g/mol. The van der Waals surface area contributed by atoms with Gasteiger partial charge in [0.15, 0.2) is 0 Å². The summed E-state index contributed by atoms with van der Waals surface area (Å²) in [5.74, 6) is -0.143. The summed E-state index contributed by atoms with van der Waals surface area (Å²) in [5, 5.41) is 24.5. The maximum absolute atomic E-state index is 12.5. The Morgan fingerprint density at radius 2 is 2.15 bits per heavy atom. The van der Waals surface area contributed by atoms with E-state index in [1.807, 2.05) is 0 Å². The second-order valence-electron chi connectivity index (χ2n) is 7.42. The number of amides is 1. The molecule has 2 aromatic heterocycles. The molecule has 0 radical (unpaired) electrons. The van der Waals surface area contributed by atoms with E-state index in [-0.39, 0.29) is 22.6 Å². The summed E-state index contributed by atoms with van der Waals surface area (Å²) >= 11 is 2.51. The number of carbonyl (C=O) groups is 1. The zero-order chi connectivity index (χ0) is 23.6. The summed E-state index contributed by atoms with van der Waals surface area (Å²) in [6.45, 7) is 2.17. The predicted octanol–water partition coefficient (Wildman–Crippen LogP) is 4.35. The Hall–Kier alpha value is -3.11. The number of hydrogen-bond acceptors (Lipinski definition) is 8. The Kier molecular flexibility index (Phi) is 6.57. The number of fused-ring (bicyclic) bond motifs is 1. The van der Waals surface area contributed by atoms with Crippen LogP contribution in [0.3, 0.4) is 0 Å². The molecule has 1 aliphatic rings. The lowest BCUT2D eigenvalue weighted by Crippen LogP contribution is -2.17. The number of nitriles is 1. The number of alkyl halides is 3. The normalized spacial score (nSPS) is 15.5. The van der Waals surface area contributed by atoms with Crippen LogP contribution in [0.2, 0.25) is 0 Å². The Morgan fingerprint density at radius 1 is 1.39 bits per heavy atom. The number of rotatable bonds is 6. The van der Waals surface area contributed by atoms with Gasteiger partial charge in [-0.25, -0.2) is 0 Å². The molecule has 1 amide bonds. The quantitative estimate of drug-likeness (QED) is 0.508. The smallest absolute Gasteiger partial charge is 0.406 e. The van der Waals surface area contributed by atoms with Gasteiger partial charge in [-0.2, -0.15) is 9.94 Å². The average molecular weight is 495 g/mol. The van der Waals surface area contributed by atoms with Crippen LogP contribution in [0.5, 0.6) is 5.75 Å². The van der Waals surface area contributed by atoms with Crippen molar-refractivity contribution in [2.75, 3.05) is 11.1 Å². The van der Waals surface area contributed by atoms with Gasteiger partial charge in [-0.05, 0) is 65.4 Å². The van der Waals surface area contributed by atoms with Crippen LogP contribution < -0.4 is 10.1 Å². The molecule has 0 saturated heterocycles. The van der Waals surface area contributed by atoms with Crippen LogP contribution in [0, 0.1) is 17.2 Å². The molecule has 1 atom stereocenters. The van der Waals surface area contributed by atoms with Gasteiger partial charge in [0, 0.05) is 4.88 Å². The third-order valence-corrected chi connectivity index (χ3v) is 7.05. The standard InChI is InChI=1S/C20H17F3N6O2S2/c1-11-2-7-14-15(9-24)18(33-16(14)8-11)25-17(30)10-32-19-26-27-28-29(19)12-3-5-13(6-4-12)31-20(21,22)23/h3-6,11H,2,7-8,10H2,1H3,(H,25,30). The molecule has 0 bridgehead atoms. The maximum atomic E-state index is 12.5. The van der Waals surface area contributed by atoms with Gasteiger partial charge in [0.1, 0.15) is 16.8 Å². The Labute approximate surface area is 194 Å². The van der Waals surface area contributed by atoms with Gasteiger partial charge in [-0.15, -0.1) is 29.6 Å². The molecule has 0 saturated carbocycles. The fourth-order valence-corrected chi connectivity index (χ4v) is 5.54. The highest BCUT2D eigenvalue weighted by molar-refractivity contribution is 7.99. The van der Waals surface area contributed by atoms with Crippen molar-refractivity contribution in [3.63, 3.8) is 0 Å². The molecule has 13 heteroatoms. The van der Waals surface area contributed by atoms with Crippen LogP contribution in [-0.4, -0.2) is 38.2 Å². The summed E-state index contributed by atoms with van der Waals surface area (Å²) in [7, 11) is 0. The number of carbonyl (C=O) groups excluding carboxylic acids is 1. The molecule has 2 heterocycles. The SMILES string of the molecule is CC1CCc2c(sc(NC(=O)CSc3nnnn3-c3ccc(OC(F)(F)F)cc3)c2C#N)C1. The molecule has 4 rings (SSSR count). The first kappa shape index (κ1) is 23.1. The maximum Gasteiger partial charge on any atom is 0.573 e. The molecular formula is C20H17F3N6O2S2. The zero-order valence-electron chi connectivity index (χ0n) is 17.2. The summed E-state index contributed by atoms with van der Waals surface area (Å²) < 4.78 is 42.1. The molecule has 3 aromatic rings. The second-order valence-corrected chi connectivity index (χ2v) is 9.47. The molecule has 1 N–H and O–H groups in total. The fourth-order valence-electron chi connectivity index (χ4n) is 3.47. The number of ether oxygens (including phenoxy) is 1. The summed E-state index contributed by atoms with van der Waals surface area (Å²) in [5.41, 5.74) is 1.97. The van der Waals surface area contributed by atoms with E-state index in [9.17, 15) is 23.2 Å². The molecule has 0 spiro atoms. The predicted molar refractivity (Wildman–Crippen MR) is 115 cm³/mol. The van der Waals surface area contributed by atoms with Crippen molar-refractivity contribution in [3.05, 3.63) is 40.3 Å². The van der Waals surface area contributed by atoms with Crippen molar-refractivity contribution in [3.8, 4) is 17.5 Å². The van der Waals surface area contributed by atoms with Crippen LogP contribution in [-0.2, 0) is 17.6 Å². The van der Waals surface area contributed by atoms with Crippen molar-refractivity contribution in [1.29, 1.82) is 5.26 Å². The summed E-state index contributed by atoms with van der Waals surface area (Å²) in [6, 6.07) is 7.26. The van der Waals surface area contributed by atoms with E-state index in [0.717, 1.165) is 53.6 Å². The van der Waals surface area contributed by atoms with E-state index in [2.05, 4.69) is 38.6 Å². The van der Waals surface area contributed by atoms with Gasteiger partial charge >= 0.3 is 6.36 Å². The first-order valence-corrected chi connectivity index (χ1v) is 11.7. The van der Waals surface area contributed by atoms with Crippen LogP contribution in [0.25, 0.3) is 5.69 Å². The number of anilines is 1. The van der Waals surface area contributed by atoms with E-state index in [0.29, 0.717) is 22.2 Å². The van der Waals surface area contributed by atoms with Crippen LogP contribution >= 0.6 is 23.1 Å². The van der Waals surface area contributed by atoms with E-state index in [1.165, 1.54) is 28.2 Å². The largest absolute Gasteiger partial charge is 0.573 e. The molecule has 1 unspecified atom stereocenters. The Morgan fingerprint density at radius 3 is 2.85 bits per heavy atom. The summed E-state index contributed by atoms with van der Waals surface area (Å²) in [6.07, 6.45) is -2.02. The summed E-state index contributed by atoms with van der Waals surface area (Å²) in [4.78, 5) is 13.7. The molecule has 1 aliphatic carbocycles. The number of benzene rings is 1. The minimum Gasteiger partial charge on any atom is -0.406 e.